The fraction of sp³-hybridized carbons (Fsp3) is 0.231. The Hall–Kier alpha value is -1.90. The van der Waals surface area contributed by atoms with Crippen molar-refractivity contribution in [3.05, 3.63) is 42.1 Å². The number of anilines is 1. The highest BCUT2D eigenvalue weighted by Crippen LogP contribution is 2.10. The number of carbonyl (C=O) groups excluding carboxylic acids is 1. The minimum absolute atomic E-state index is 0.188. The molecule has 0 radical (unpaired) electrons. The summed E-state index contributed by atoms with van der Waals surface area (Å²) in [5.74, 6) is 0.188. The zero-order chi connectivity index (χ0) is 11.4. The lowest BCUT2D eigenvalue weighted by Crippen LogP contribution is -2.08. The number of nitrogens with two attached hydrogens (primary N) is 1. The SMILES string of the molecule is Nc1cccc(CC(=O)CC2=NC=CC2)c1. The van der Waals surface area contributed by atoms with Gasteiger partial charge in [0.15, 0.2) is 0 Å². The molecule has 2 N–H and O–H groups in total. The van der Waals surface area contributed by atoms with E-state index in [1.165, 1.54) is 0 Å². The van der Waals surface area contributed by atoms with Gasteiger partial charge in [0.25, 0.3) is 0 Å². The maximum absolute atomic E-state index is 11.7. The highest BCUT2D eigenvalue weighted by molar-refractivity contribution is 6.04. The molecule has 0 unspecified atom stereocenters. The Kier molecular flexibility index (Phi) is 3.15. The van der Waals surface area contributed by atoms with Crippen molar-refractivity contribution in [3.8, 4) is 0 Å². The van der Waals surface area contributed by atoms with Gasteiger partial charge in [0, 0.05) is 36.9 Å². The fourth-order valence-electron chi connectivity index (χ4n) is 1.74. The second-order valence-electron chi connectivity index (χ2n) is 3.92. The predicted molar refractivity (Wildman–Crippen MR) is 65.4 cm³/mol. The molecule has 3 heteroatoms. The number of nitrogen functional groups attached to an aromatic ring is 1. The van der Waals surface area contributed by atoms with Crippen LogP contribution in [0.2, 0.25) is 0 Å². The van der Waals surface area contributed by atoms with Gasteiger partial charge in [-0.1, -0.05) is 18.2 Å². The first kappa shape index (κ1) is 10.6. The van der Waals surface area contributed by atoms with E-state index in [-0.39, 0.29) is 5.78 Å². The van der Waals surface area contributed by atoms with E-state index in [1.54, 1.807) is 6.20 Å². The number of ketones is 1. The van der Waals surface area contributed by atoms with E-state index in [0.717, 1.165) is 17.7 Å². The predicted octanol–water partition coefficient (Wildman–Crippen LogP) is 2.13. The third kappa shape index (κ3) is 2.79. The number of allylic oxidation sites excluding steroid dienone is 1. The number of aliphatic imine (C=N–C) groups is 1. The molecule has 1 aromatic rings. The summed E-state index contributed by atoms with van der Waals surface area (Å²) in [6, 6.07) is 7.45. The average Bonchev–Trinajstić information content (AvgIpc) is 2.70. The van der Waals surface area contributed by atoms with Crippen LogP contribution < -0.4 is 5.73 Å². The van der Waals surface area contributed by atoms with Gasteiger partial charge in [-0.25, -0.2) is 0 Å². The lowest BCUT2D eigenvalue weighted by Gasteiger charge is -2.02. The Morgan fingerprint density at radius 1 is 1.38 bits per heavy atom. The molecule has 3 nitrogen and oxygen atoms in total. The summed E-state index contributed by atoms with van der Waals surface area (Å²) in [4.78, 5) is 15.9. The molecule has 0 fully saturated rings. The molecule has 0 saturated heterocycles. The third-order valence-electron chi connectivity index (χ3n) is 2.47. The van der Waals surface area contributed by atoms with Gasteiger partial charge in [-0.15, -0.1) is 0 Å². The molecule has 2 rings (SSSR count). The van der Waals surface area contributed by atoms with Crippen LogP contribution in [0.15, 0.2) is 41.5 Å². The van der Waals surface area contributed by atoms with Crippen LogP contribution >= 0.6 is 0 Å². The van der Waals surface area contributed by atoms with Gasteiger partial charge >= 0.3 is 0 Å². The number of hydrogen-bond acceptors (Lipinski definition) is 3. The summed E-state index contributed by atoms with van der Waals surface area (Å²) in [6.45, 7) is 0. The minimum atomic E-state index is 0.188. The second-order valence-corrected chi connectivity index (χ2v) is 3.92. The monoisotopic (exact) mass is 214 g/mol. The minimum Gasteiger partial charge on any atom is -0.399 e. The van der Waals surface area contributed by atoms with Crippen molar-refractivity contribution in [2.45, 2.75) is 19.3 Å². The zero-order valence-corrected chi connectivity index (χ0v) is 9.02. The highest BCUT2D eigenvalue weighted by Gasteiger charge is 2.09. The zero-order valence-electron chi connectivity index (χ0n) is 9.02. The topological polar surface area (TPSA) is 55.5 Å². The van der Waals surface area contributed by atoms with Crippen molar-refractivity contribution in [2.24, 2.45) is 4.99 Å². The van der Waals surface area contributed by atoms with Crippen molar-refractivity contribution in [2.75, 3.05) is 5.73 Å². The number of carbonyl (C=O) groups is 1. The molecule has 0 bridgehead atoms. The maximum atomic E-state index is 11.7. The summed E-state index contributed by atoms with van der Waals surface area (Å²) >= 11 is 0. The Balaban J connectivity index is 1.92. The van der Waals surface area contributed by atoms with Crippen LogP contribution in [0, 0.1) is 0 Å². The molecule has 16 heavy (non-hydrogen) atoms. The molecule has 0 aliphatic carbocycles. The third-order valence-corrected chi connectivity index (χ3v) is 2.47. The standard InChI is InChI=1S/C13H14N2O/c14-11-4-1-3-10(7-11)8-13(16)9-12-5-2-6-15-12/h1-4,6-7H,5,8-9,14H2. The van der Waals surface area contributed by atoms with Crippen LogP contribution in [0.4, 0.5) is 5.69 Å². The lowest BCUT2D eigenvalue weighted by atomic mass is 10.0. The average molecular weight is 214 g/mol. The smallest absolute Gasteiger partial charge is 0.142 e. The van der Waals surface area contributed by atoms with Gasteiger partial charge in [0.2, 0.25) is 0 Å². The second kappa shape index (κ2) is 4.75. The molecule has 0 amide bonds. The first-order valence-corrected chi connectivity index (χ1v) is 5.31. The van der Waals surface area contributed by atoms with E-state index >= 15 is 0 Å². The molecule has 0 atom stereocenters. The molecular weight excluding hydrogens is 200 g/mol. The summed E-state index contributed by atoms with van der Waals surface area (Å²) in [7, 11) is 0. The Labute approximate surface area is 94.7 Å². The van der Waals surface area contributed by atoms with Crippen LogP contribution in [0.1, 0.15) is 18.4 Å². The number of nitrogens with zero attached hydrogens (tertiary/aromatic N) is 1. The van der Waals surface area contributed by atoms with Crippen LogP contribution in [-0.2, 0) is 11.2 Å². The molecular formula is C13H14N2O. The maximum Gasteiger partial charge on any atom is 0.142 e. The molecule has 0 aromatic heterocycles. The van der Waals surface area contributed by atoms with Crippen molar-refractivity contribution < 1.29 is 4.79 Å². The fourth-order valence-corrected chi connectivity index (χ4v) is 1.74. The van der Waals surface area contributed by atoms with Crippen LogP contribution in [0.25, 0.3) is 0 Å². The van der Waals surface area contributed by atoms with Gasteiger partial charge in [0.1, 0.15) is 5.78 Å². The molecule has 1 aliphatic heterocycles. The molecule has 82 valence electrons. The first-order valence-electron chi connectivity index (χ1n) is 5.31. The summed E-state index contributed by atoms with van der Waals surface area (Å²) < 4.78 is 0. The van der Waals surface area contributed by atoms with E-state index in [2.05, 4.69) is 4.99 Å². The molecule has 1 aliphatic rings. The van der Waals surface area contributed by atoms with E-state index in [4.69, 9.17) is 5.73 Å². The molecule has 1 aromatic carbocycles. The van der Waals surface area contributed by atoms with E-state index in [0.29, 0.717) is 18.5 Å². The van der Waals surface area contributed by atoms with Gasteiger partial charge in [0.05, 0.1) is 0 Å². The van der Waals surface area contributed by atoms with Crippen LogP contribution in [0.3, 0.4) is 0 Å². The lowest BCUT2D eigenvalue weighted by molar-refractivity contribution is -0.117. The normalized spacial score (nSPS) is 13.9. The van der Waals surface area contributed by atoms with Crippen molar-refractivity contribution in [1.82, 2.24) is 0 Å². The largest absolute Gasteiger partial charge is 0.399 e. The number of Topliss-reactive ketones (excluding diaryl/α,β-unsaturated/α-hetero) is 1. The Morgan fingerprint density at radius 2 is 2.25 bits per heavy atom. The first-order chi connectivity index (χ1) is 7.74. The summed E-state index contributed by atoms with van der Waals surface area (Å²) in [5, 5.41) is 0. The Bertz CT molecular complexity index is 461. The van der Waals surface area contributed by atoms with Gasteiger partial charge in [-0.05, 0) is 17.7 Å². The van der Waals surface area contributed by atoms with Crippen molar-refractivity contribution in [3.63, 3.8) is 0 Å². The van der Waals surface area contributed by atoms with Crippen LogP contribution in [0.5, 0.6) is 0 Å². The van der Waals surface area contributed by atoms with Crippen molar-refractivity contribution >= 4 is 17.2 Å². The number of benzene rings is 1. The van der Waals surface area contributed by atoms with Gasteiger partial charge < -0.3 is 5.73 Å². The molecule has 1 heterocycles. The quantitative estimate of drug-likeness (QED) is 0.780. The number of rotatable bonds is 4. The molecule has 0 spiro atoms. The van der Waals surface area contributed by atoms with E-state index in [9.17, 15) is 4.79 Å². The number of hydrogen-bond donors (Lipinski definition) is 1. The van der Waals surface area contributed by atoms with Gasteiger partial charge in [-0.2, -0.15) is 0 Å². The summed E-state index contributed by atoms with van der Waals surface area (Å²) in [6.07, 6.45) is 5.40. The Morgan fingerprint density at radius 3 is 2.94 bits per heavy atom. The van der Waals surface area contributed by atoms with E-state index in [1.807, 2.05) is 30.3 Å². The van der Waals surface area contributed by atoms with Crippen molar-refractivity contribution in [1.29, 1.82) is 0 Å². The van der Waals surface area contributed by atoms with Crippen LogP contribution in [-0.4, -0.2) is 11.5 Å². The molecule has 0 saturated carbocycles. The van der Waals surface area contributed by atoms with Gasteiger partial charge in [-0.3, -0.25) is 9.79 Å². The van der Waals surface area contributed by atoms with E-state index < -0.39 is 0 Å². The summed E-state index contributed by atoms with van der Waals surface area (Å²) in [5.41, 5.74) is 8.27. The highest BCUT2D eigenvalue weighted by atomic mass is 16.1.